The quantitative estimate of drug-likeness (QED) is 0.905. The van der Waals surface area contributed by atoms with Crippen LogP contribution in [0, 0.1) is 22.7 Å². The molecule has 0 saturated heterocycles. The Balaban J connectivity index is 2.36. The summed E-state index contributed by atoms with van der Waals surface area (Å²) in [6.07, 6.45) is 4.21. The Morgan fingerprint density at radius 3 is 2.81 bits per heavy atom. The van der Waals surface area contributed by atoms with Crippen molar-refractivity contribution in [1.82, 2.24) is 19.9 Å². The molecule has 0 radical (unpaired) electrons. The first-order chi connectivity index (χ1) is 10.2. The molecule has 1 atom stereocenters. The standard InChI is InChI=1S/C15H16N6/c1-3-5-18-11(2)12-4-6-19-15(7-12)21-10-20-13(8-16)14(21)9-17/h4,6-7,10-11,18H,3,5H2,1-2H3. The number of nitrogens with zero attached hydrogens (tertiary/aromatic N) is 5. The van der Waals surface area contributed by atoms with Crippen LogP contribution in [0.2, 0.25) is 0 Å². The van der Waals surface area contributed by atoms with Gasteiger partial charge >= 0.3 is 0 Å². The summed E-state index contributed by atoms with van der Waals surface area (Å²) in [4.78, 5) is 8.19. The molecular formula is C15H16N6. The Kier molecular flexibility index (Phi) is 4.65. The minimum atomic E-state index is 0.113. The van der Waals surface area contributed by atoms with Gasteiger partial charge in [0.1, 0.15) is 24.3 Å². The Morgan fingerprint density at radius 2 is 2.14 bits per heavy atom. The molecule has 1 N–H and O–H groups in total. The number of hydrogen-bond donors (Lipinski definition) is 1. The van der Waals surface area contributed by atoms with E-state index >= 15 is 0 Å². The van der Waals surface area contributed by atoms with Gasteiger partial charge in [-0.2, -0.15) is 10.5 Å². The van der Waals surface area contributed by atoms with Gasteiger partial charge in [0.15, 0.2) is 11.4 Å². The summed E-state index contributed by atoms with van der Waals surface area (Å²) >= 11 is 0. The molecule has 0 spiro atoms. The lowest BCUT2D eigenvalue weighted by molar-refractivity contribution is 0.570. The molecule has 0 aliphatic rings. The van der Waals surface area contributed by atoms with Crippen LogP contribution in [0.15, 0.2) is 24.7 Å². The maximum absolute atomic E-state index is 9.17. The van der Waals surface area contributed by atoms with E-state index in [9.17, 15) is 5.26 Å². The molecule has 106 valence electrons. The van der Waals surface area contributed by atoms with Crippen molar-refractivity contribution in [2.45, 2.75) is 26.3 Å². The minimum Gasteiger partial charge on any atom is -0.310 e. The van der Waals surface area contributed by atoms with Crippen molar-refractivity contribution in [2.75, 3.05) is 6.54 Å². The van der Waals surface area contributed by atoms with Gasteiger partial charge in [0.05, 0.1) is 0 Å². The molecule has 2 rings (SSSR count). The zero-order valence-corrected chi connectivity index (χ0v) is 12.0. The van der Waals surface area contributed by atoms with Crippen LogP contribution < -0.4 is 5.32 Å². The van der Waals surface area contributed by atoms with Crippen LogP contribution in [0.25, 0.3) is 5.82 Å². The van der Waals surface area contributed by atoms with E-state index in [4.69, 9.17) is 5.26 Å². The fourth-order valence-corrected chi connectivity index (χ4v) is 2.02. The molecule has 0 fully saturated rings. The molecule has 21 heavy (non-hydrogen) atoms. The number of pyridine rings is 1. The number of hydrogen-bond acceptors (Lipinski definition) is 5. The monoisotopic (exact) mass is 280 g/mol. The number of nitriles is 2. The van der Waals surface area contributed by atoms with Crippen molar-refractivity contribution in [3.8, 4) is 18.0 Å². The van der Waals surface area contributed by atoms with E-state index in [1.54, 1.807) is 6.20 Å². The molecule has 1 unspecified atom stereocenters. The van der Waals surface area contributed by atoms with Crippen LogP contribution in [0.1, 0.15) is 43.3 Å². The van der Waals surface area contributed by atoms with E-state index in [0.717, 1.165) is 18.5 Å². The zero-order valence-electron chi connectivity index (χ0n) is 12.0. The van der Waals surface area contributed by atoms with Crippen LogP contribution in [-0.2, 0) is 0 Å². The lowest BCUT2D eigenvalue weighted by atomic mass is 10.1. The van der Waals surface area contributed by atoms with Crippen molar-refractivity contribution >= 4 is 0 Å². The van der Waals surface area contributed by atoms with Crippen LogP contribution in [0.4, 0.5) is 0 Å². The predicted molar refractivity (Wildman–Crippen MR) is 77.5 cm³/mol. The second-order valence-corrected chi connectivity index (χ2v) is 4.66. The van der Waals surface area contributed by atoms with E-state index in [0.29, 0.717) is 5.82 Å². The molecular weight excluding hydrogens is 264 g/mol. The highest BCUT2D eigenvalue weighted by Crippen LogP contribution is 2.17. The van der Waals surface area contributed by atoms with Crippen LogP contribution in [0.3, 0.4) is 0 Å². The molecule has 6 heteroatoms. The van der Waals surface area contributed by atoms with Gasteiger partial charge < -0.3 is 5.32 Å². The van der Waals surface area contributed by atoms with Crippen molar-refractivity contribution in [2.24, 2.45) is 0 Å². The first-order valence-electron chi connectivity index (χ1n) is 6.78. The third-order valence-electron chi connectivity index (χ3n) is 3.20. The van der Waals surface area contributed by atoms with E-state index in [2.05, 4.69) is 29.1 Å². The Labute approximate surface area is 123 Å². The van der Waals surface area contributed by atoms with E-state index in [1.165, 1.54) is 10.9 Å². The second kappa shape index (κ2) is 6.65. The summed E-state index contributed by atoms with van der Waals surface area (Å²) in [5.74, 6) is 0.586. The SMILES string of the molecule is CCCNC(C)c1ccnc(-n2cnc(C#N)c2C#N)c1. The maximum atomic E-state index is 9.17. The van der Waals surface area contributed by atoms with Crippen LogP contribution in [-0.4, -0.2) is 21.1 Å². The number of imidazole rings is 1. The molecule has 0 saturated carbocycles. The average molecular weight is 280 g/mol. The molecule has 0 aliphatic carbocycles. The first kappa shape index (κ1) is 14.7. The Bertz CT molecular complexity index is 704. The van der Waals surface area contributed by atoms with Gasteiger partial charge in [0.25, 0.3) is 0 Å². The molecule has 0 aromatic carbocycles. The van der Waals surface area contributed by atoms with Gasteiger partial charge in [0.2, 0.25) is 0 Å². The summed E-state index contributed by atoms with van der Waals surface area (Å²) in [7, 11) is 0. The first-order valence-corrected chi connectivity index (χ1v) is 6.78. The van der Waals surface area contributed by atoms with E-state index < -0.39 is 0 Å². The molecule has 0 amide bonds. The summed E-state index contributed by atoms with van der Waals surface area (Å²) in [6.45, 7) is 5.13. The van der Waals surface area contributed by atoms with Crippen molar-refractivity contribution in [3.63, 3.8) is 0 Å². The fraction of sp³-hybridized carbons (Fsp3) is 0.333. The number of nitrogens with one attached hydrogen (secondary N) is 1. The van der Waals surface area contributed by atoms with E-state index in [1.807, 2.05) is 24.3 Å². The highest BCUT2D eigenvalue weighted by atomic mass is 15.1. The predicted octanol–water partition coefficient (Wildman–Crippen LogP) is 2.07. The lowest BCUT2D eigenvalue weighted by Gasteiger charge is -2.14. The summed E-state index contributed by atoms with van der Waals surface area (Å²) < 4.78 is 1.54. The van der Waals surface area contributed by atoms with Crippen molar-refractivity contribution in [1.29, 1.82) is 10.5 Å². The molecule has 0 aliphatic heterocycles. The minimum absolute atomic E-state index is 0.113. The van der Waals surface area contributed by atoms with Gasteiger partial charge in [-0.25, -0.2) is 9.97 Å². The zero-order chi connectivity index (χ0) is 15.2. The van der Waals surface area contributed by atoms with Crippen molar-refractivity contribution < 1.29 is 0 Å². The third kappa shape index (κ3) is 3.07. The smallest absolute Gasteiger partial charge is 0.177 e. The Hall–Kier alpha value is -2.70. The van der Waals surface area contributed by atoms with Gasteiger partial charge in [-0.3, -0.25) is 4.57 Å². The Morgan fingerprint density at radius 1 is 1.33 bits per heavy atom. The third-order valence-corrected chi connectivity index (χ3v) is 3.20. The lowest BCUT2D eigenvalue weighted by Crippen LogP contribution is -2.19. The summed E-state index contributed by atoms with van der Waals surface area (Å²) in [5, 5.41) is 21.5. The van der Waals surface area contributed by atoms with Gasteiger partial charge in [-0.15, -0.1) is 0 Å². The van der Waals surface area contributed by atoms with E-state index in [-0.39, 0.29) is 17.4 Å². The summed E-state index contributed by atoms with van der Waals surface area (Å²) in [6, 6.07) is 7.93. The van der Waals surface area contributed by atoms with Crippen molar-refractivity contribution in [3.05, 3.63) is 41.6 Å². The number of rotatable bonds is 5. The van der Waals surface area contributed by atoms with Gasteiger partial charge in [0, 0.05) is 12.2 Å². The molecule has 2 aromatic heterocycles. The maximum Gasteiger partial charge on any atom is 0.177 e. The molecule has 0 bridgehead atoms. The summed E-state index contributed by atoms with van der Waals surface area (Å²) in [5.41, 5.74) is 1.39. The largest absolute Gasteiger partial charge is 0.310 e. The normalized spacial score (nSPS) is 11.6. The van der Waals surface area contributed by atoms with Crippen LogP contribution in [0.5, 0.6) is 0 Å². The molecule has 6 nitrogen and oxygen atoms in total. The highest BCUT2D eigenvalue weighted by Gasteiger charge is 2.13. The van der Waals surface area contributed by atoms with Crippen LogP contribution >= 0.6 is 0 Å². The fourth-order valence-electron chi connectivity index (χ4n) is 2.02. The average Bonchev–Trinajstić information content (AvgIpc) is 2.95. The molecule has 2 aromatic rings. The number of aromatic nitrogens is 3. The van der Waals surface area contributed by atoms with Gasteiger partial charge in [-0.05, 0) is 37.6 Å². The van der Waals surface area contributed by atoms with Gasteiger partial charge in [-0.1, -0.05) is 6.92 Å². The topological polar surface area (TPSA) is 90.3 Å². The molecule has 2 heterocycles. The highest BCUT2D eigenvalue weighted by molar-refractivity contribution is 5.42. The second-order valence-electron chi connectivity index (χ2n) is 4.66.